The van der Waals surface area contributed by atoms with Crippen molar-refractivity contribution in [2.45, 2.75) is 6.42 Å². The number of aromatic hydroxyl groups is 1. The lowest BCUT2D eigenvalue weighted by atomic mass is 10.1. The molecule has 0 heterocycles. The van der Waals surface area contributed by atoms with E-state index < -0.39 is 11.8 Å². The predicted molar refractivity (Wildman–Crippen MR) is 85.7 cm³/mol. The minimum Gasteiger partial charge on any atom is -0.507 e. The highest BCUT2D eigenvalue weighted by molar-refractivity contribution is 6.41. The zero-order chi connectivity index (χ0) is 16.8. The zero-order valence-electron chi connectivity index (χ0n) is 12.4. The number of nitrogens with two attached hydrogens (primary N) is 1. The van der Waals surface area contributed by atoms with Crippen LogP contribution in [-0.2, 0) is 14.4 Å². The molecule has 3 amide bonds. The number of phenolic OH excluding ortho intramolecular Hbond substituents is 1. The van der Waals surface area contributed by atoms with E-state index >= 15 is 0 Å². The van der Waals surface area contributed by atoms with Gasteiger partial charge < -0.3 is 16.2 Å². The number of benzene rings is 2. The predicted octanol–water partition coefficient (Wildman–Crippen LogP) is 0.818. The molecule has 0 radical (unpaired) electrons. The number of hydrogen-bond donors (Lipinski definition) is 3. The summed E-state index contributed by atoms with van der Waals surface area (Å²) in [5, 5.41) is 13.4. The van der Waals surface area contributed by atoms with Gasteiger partial charge in [-0.15, -0.1) is 0 Å². The molecule has 0 atom stereocenters. The van der Waals surface area contributed by atoms with E-state index in [9.17, 15) is 19.5 Å². The second-order valence-corrected chi connectivity index (χ2v) is 4.88. The molecular weight excluding hydrogens is 298 g/mol. The number of nitrogens with zero attached hydrogens (tertiary/aromatic N) is 1. The van der Waals surface area contributed by atoms with Gasteiger partial charge in [0.25, 0.3) is 0 Å². The number of nitrogens with one attached hydrogen (secondary N) is 1. The lowest BCUT2D eigenvalue weighted by Crippen LogP contribution is -2.39. The summed E-state index contributed by atoms with van der Waals surface area (Å²) in [4.78, 5) is 35.7. The van der Waals surface area contributed by atoms with Gasteiger partial charge in [0.15, 0.2) is 0 Å². The molecule has 0 aliphatic heterocycles. The van der Waals surface area contributed by atoms with Crippen molar-refractivity contribution in [2.75, 3.05) is 18.4 Å². The average Bonchev–Trinajstić information content (AvgIpc) is 2.56. The van der Waals surface area contributed by atoms with E-state index in [1.807, 2.05) is 0 Å². The fraction of sp³-hybridized carbons (Fsp3) is 0.188. The van der Waals surface area contributed by atoms with Crippen LogP contribution in [0.2, 0.25) is 0 Å². The Kier molecular flexibility index (Phi) is 5.27. The van der Waals surface area contributed by atoms with Crippen molar-refractivity contribution in [1.82, 2.24) is 4.90 Å². The van der Waals surface area contributed by atoms with Crippen LogP contribution in [0.15, 0.2) is 36.4 Å². The summed E-state index contributed by atoms with van der Waals surface area (Å²) in [6.45, 7) is 0.393. The van der Waals surface area contributed by atoms with Crippen LogP contribution in [0.3, 0.4) is 0 Å². The van der Waals surface area contributed by atoms with Gasteiger partial charge in [0.05, 0.1) is 0 Å². The third-order valence-corrected chi connectivity index (χ3v) is 3.33. The summed E-state index contributed by atoms with van der Waals surface area (Å²) < 4.78 is 0. The van der Waals surface area contributed by atoms with Crippen molar-refractivity contribution in [3.8, 4) is 5.75 Å². The molecule has 2 aromatic carbocycles. The Morgan fingerprint density at radius 1 is 1.17 bits per heavy atom. The zero-order valence-corrected chi connectivity index (χ0v) is 12.4. The van der Waals surface area contributed by atoms with Gasteiger partial charge in [-0.25, -0.2) is 0 Å². The Morgan fingerprint density at radius 2 is 1.87 bits per heavy atom. The highest BCUT2D eigenvalue weighted by Gasteiger charge is 2.21. The molecule has 23 heavy (non-hydrogen) atoms. The van der Waals surface area contributed by atoms with Gasteiger partial charge in [-0.2, -0.15) is 0 Å². The Labute approximate surface area is 132 Å². The molecule has 0 aliphatic carbocycles. The maximum atomic E-state index is 12.0. The number of anilines is 1. The molecule has 7 nitrogen and oxygen atoms in total. The smallest absolute Gasteiger partial charge is 0.318 e. The lowest BCUT2D eigenvalue weighted by Gasteiger charge is -2.15. The Hall–Kier alpha value is -2.93. The maximum Gasteiger partial charge on any atom is 0.318 e. The minimum atomic E-state index is -0.953. The summed E-state index contributed by atoms with van der Waals surface area (Å²) >= 11 is 0. The van der Waals surface area contributed by atoms with Crippen molar-refractivity contribution < 1.29 is 19.5 Å². The number of phenols is 1. The fourth-order valence-electron chi connectivity index (χ4n) is 2.17. The lowest BCUT2D eigenvalue weighted by molar-refractivity contribution is -0.146. The van der Waals surface area contributed by atoms with E-state index in [4.69, 9.17) is 5.73 Å². The molecule has 0 saturated heterocycles. The Morgan fingerprint density at radius 3 is 2.57 bits per heavy atom. The van der Waals surface area contributed by atoms with Crippen LogP contribution in [-0.4, -0.2) is 41.3 Å². The normalized spacial score (nSPS) is 10.3. The summed E-state index contributed by atoms with van der Waals surface area (Å²) in [6.07, 6.45) is 0.729. The van der Waals surface area contributed by atoms with Crippen LogP contribution in [0.1, 0.15) is 6.42 Å². The highest BCUT2D eigenvalue weighted by Crippen LogP contribution is 2.29. The molecule has 4 N–H and O–H groups in total. The van der Waals surface area contributed by atoms with Gasteiger partial charge in [0, 0.05) is 23.0 Å². The summed E-state index contributed by atoms with van der Waals surface area (Å²) in [5.74, 6) is -1.81. The minimum absolute atomic E-state index is 0.0717. The van der Waals surface area contributed by atoms with Crippen LogP contribution in [0.5, 0.6) is 5.75 Å². The van der Waals surface area contributed by atoms with Crippen molar-refractivity contribution in [2.24, 2.45) is 5.73 Å². The van der Waals surface area contributed by atoms with E-state index in [-0.39, 0.29) is 12.3 Å². The van der Waals surface area contributed by atoms with Gasteiger partial charge in [0.1, 0.15) is 5.75 Å². The van der Waals surface area contributed by atoms with Crippen LogP contribution >= 0.6 is 0 Å². The van der Waals surface area contributed by atoms with Gasteiger partial charge in [-0.1, -0.05) is 24.3 Å². The first-order chi connectivity index (χ1) is 11.1. The van der Waals surface area contributed by atoms with E-state index in [0.29, 0.717) is 35.8 Å². The second kappa shape index (κ2) is 7.37. The number of hydrogen-bond acceptors (Lipinski definition) is 5. The number of carbonyl (C=O) groups excluding carboxylic acids is 3. The summed E-state index contributed by atoms with van der Waals surface area (Å²) in [5.41, 5.74) is 5.71. The van der Waals surface area contributed by atoms with Crippen LogP contribution in [0.25, 0.3) is 10.8 Å². The van der Waals surface area contributed by atoms with Crippen molar-refractivity contribution >= 4 is 34.7 Å². The van der Waals surface area contributed by atoms with E-state index in [1.165, 1.54) is 6.07 Å². The largest absolute Gasteiger partial charge is 0.507 e. The molecule has 0 unspecified atom stereocenters. The molecule has 2 rings (SSSR count). The van der Waals surface area contributed by atoms with Gasteiger partial charge >= 0.3 is 11.8 Å². The summed E-state index contributed by atoms with van der Waals surface area (Å²) in [6, 6.07) is 9.82. The van der Waals surface area contributed by atoms with Gasteiger partial charge in [0.2, 0.25) is 6.41 Å². The molecule has 120 valence electrons. The Balaban J connectivity index is 2.22. The first kappa shape index (κ1) is 16.4. The van der Waals surface area contributed by atoms with Crippen molar-refractivity contribution in [1.29, 1.82) is 0 Å². The second-order valence-electron chi connectivity index (χ2n) is 4.88. The van der Waals surface area contributed by atoms with Gasteiger partial charge in [-0.05, 0) is 25.1 Å². The number of fused-ring (bicyclic) bond motifs is 1. The third kappa shape index (κ3) is 3.64. The number of carbonyl (C=O) groups is 3. The highest BCUT2D eigenvalue weighted by atomic mass is 16.3. The van der Waals surface area contributed by atoms with Crippen LogP contribution in [0, 0.1) is 0 Å². The number of rotatable bonds is 5. The quantitative estimate of drug-likeness (QED) is 0.558. The van der Waals surface area contributed by atoms with E-state index in [2.05, 4.69) is 5.32 Å². The first-order valence-corrected chi connectivity index (χ1v) is 7.06. The number of amides is 3. The molecule has 0 bridgehead atoms. The molecule has 2 aromatic rings. The van der Waals surface area contributed by atoms with E-state index in [1.54, 1.807) is 30.3 Å². The Bertz CT molecular complexity index is 745. The monoisotopic (exact) mass is 315 g/mol. The van der Waals surface area contributed by atoms with Crippen LogP contribution < -0.4 is 11.1 Å². The molecule has 0 saturated carbocycles. The molecule has 7 heteroatoms. The maximum absolute atomic E-state index is 12.0. The average molecular weight is 315 g/mol. The standard InChI is InChI=1S/C16H17N3O4/c17-8-3-9-19(10-20)16(23)15(22)18-13-6-1-5-12-11(13)4-2-7-14(12)21/h1-2,4-7,10,21H,3,8-9,17H2,(H,18,22). The summed E-state index contributed by atoms with van der Waals surface area (Å²) in [7, 11) is 0. The SMILES string of the molecule is NCCCN(C=O)C(=O)C(=O)Nc1cccc2c(O)cccc12. The molecule has 0 spiro atoms. The molecular formula is C16H17N3O4. The topological polar surface area (TPSA) is 113 Å². The van der Waals surface area contributed by atoms with Crippen molar-refractivity contribution in [3.05, 3.63) is 36.4 Å². The molecule has 0 fully saturated rings. The van der Waals surface area contributed by atoms with Gasteiger partial charge in [-0.3, -0.25) is 19.3 Å². The third-order valence-electron chi connectivity index (χ3n) is 3.33. The van der Waals surface area contributed by atoms with Crippen LogP contribution in [0.4, 0.5) is 5.69 Å². The first-order valence-electron chi connectivity index (χ1n) is 7.06. The fourth-order valence-corrected chi connectivity index (χ4v) is 2.17. The molecule has 0 aromatic heterocycles. The molecule has 0 aliphatic rings. The van der Waals surface area contributed by atoms with E-state index in [0.717, 1.165) is 4.90 Å². The van der Waals surface area contributed by atoms with Crippen molar-refractivity contribution in [3.63, 3.8) is 0 Å². The number of imide groups is 1.